The third-order valence-electron chi connectivity index (χ3n) is 2.16. The van der Waals surface area contributed by atoms with E-state index >= 15 is 0 Å². The molecule has 2 aromatic rings. The van der Waals surface area contributed by atoms with Crippen LogP contribution in [-0.2, 0) is 0 Å². The normalized spacial score (nSPS) is 10.4. The second kappa shape index (κ2) is 3.10. The van der Waals surface area contributed by atoms with Crippen LogP contribution in [0.25, 0.3) is 10.9 Å². The fourth-order valence-corrected chi connectivity index (χ4v) is 1.42. The van der Waals surface area contributed by atoms with E-state index in [9.17, 15) is 10.0 Å². The first-order chi connectivity index (χ1) is 6.68. The zero-order chi connectivity index (χ0) is 10.1. The van der Waals surface area contributed by atoms with Crippen LogP contribution in [0.5, 0.6) is 0 Å². The Morgan fingerprint density at radius 3 is 2.79 bits per heavy atom. The van der Waals surface area contributed by atoms with Crippen molar-refractivity contribution in [2.45, 2.75) is 6.92 Å². The van der Waals surface area contributed by atoms with Crippen molar-refractivity contribution in [1.82, 2.24) is 0 Å². The van der Waals surface area contributed by atoms with E-state index in [1.165, 1.54) is 13.1 Å². The third-order valence-corrected chi connectivity index (χ3v) is 2.16. The summed E-state index contributed by atoms with van der Waals surface area (Å²) in [7, 11) is 0. The van der Waals surface area contributed by atoms with Crippen LogP contribution in [-0.4, -0.2) is 11.0 Å². The van der Waals surface area contributed by atoms with Crippen molar-refractivity contribution >= 4 is 16.7 Å². The van der Waals surface area contributed by atoms with Crippen LogP contribution in [0.2, 0.25) is 0 Å². The minimum atomic E-state index is -0.0569. The fourth-order valence-electron chi connectivity index (χ4n) is 1.42. The lowest BCUT2D eigenvalue weighted by atomic mass is 10.1. The highest BCUT2D eigenvalue weighted by molar-refractivity contribution is 5.96. The maximum atomic E-state index is 11.1. The monoisotopic (exact) mass is 188 g/mol. The van der Waals surface area contributed by atoms with Crippen molar-refractivity contribution < 1.29 is 14.7 Å². The Kier molecular flexibility index (Phi) is 1.93. The SMILES string of the molecule is CC(=O)c1cc2ccccc2[n+](O)c1. The van der Waals surface area contributed by atoms with Gasteiger partial charge in [0.25, 0.3) is 5.52 Å². The summed E-state index contributed by atoms with van der Waals surface area (Å²) < 4.78 is 0.978. The van der Waals surface area contributed by atoms with Crippen LogP contribution in [0.4, 0.5) is 0 Å². The quantitative estimate of drug-likeness (QED) is 0.419. The first-order valence-corrected chi connectivity index (χ1v) is 4.33. The van der Waals surface area contributed by atoms with Gasteiger partial charge in [-0.1, -0.05) is 12.1 Å². The van der Waals surface area contributed by atoms with Gasteiger partial charge in [-0.25, -0.2) is 0 Å². The van der Waals surface area contributed by atoms with Gasteiger partial charge in [0.05, 0.1) is 10.9 Å². The summed E-state index contributed by atoms with van der Waals surface area (Å²) in [6.45, 7) is 1.48. The molecule has 3 nitrogen and oxygen atoms in total. The molecular formula is C11H10NO2+. The number of rotatable bonds is 1. The molecule has 0 aliphatic heterocycles. The number of hydrogen-bond donors (Lipinski definition) is 1. The summed E-state index contributed by atoms with van der Waals surface area (Å²) >= 11 is 0. The number of hydrogen-bond acceptors (Lipinski definition) is 2. The van der Waals surface area contributed by atoms with Crippen LogP contribution in [0.1, 0.15) is 17.3 Å². The van der Waals surface area contributed by atoms with Gasteiger partial charge in [-0.3, -0.25) is 10.0 Å². The van der Waals surface area contributed by atoms with Crippen LogP contribution in [0, 0.1) is 0 Å². The van der Waals surface area contributed by atoms with Gasteiger partial charge in [0.15, 0.2) is 5.78 Å². The molecule has 0 amide bonds. The van der Waals surface area contributed by atoms with Gasteiger partial charge in [0.1, 0.15) is 0 Å². The van der Waals surface area contributed by atoms with Gasteiger partial charge in [-0.15, -0.1) is 0 Å². The Morgan fingerprint density at radius 2 is 2.07 bits per heavy atom. The Hall–Kier alpha value is -1.90. The summed E-state index contributed by atoms with van der Waals surface area (Å²) in [5, 5.41) is 10.4. The van der Waals surface area contributed by atoms with Gasteiger partial charge in [0.2, 0.25) is 6.20 Å². The number of carbonyl (C=O) groups is 1. The molecule has 1 N–H and O–H groups in total. The molecule has 2 rings (SSSR count). The van der Waals surface area contributed by atoms with Gasteiger partial charge in [-0.2, -0.15) is 0 Å². The predicted molar refractivity (Wildman–Crippen MR) is 51.3 cm³/mol. The number of pyridine rings is 1. The molecule has 0 saturated heterocycles. The van der Waals surface area contributed by atoms with E-state index in [1.807, 2.05) is 18.2 Å². The molecule has 0 fully saturated rings. The largest absolute Gasteiger partial charge is 0.294 e. The lowest BCUT2D eigenvalue weighted by molar-refractivity contribution is -0.884. The van der Waals surface area contributed by atoms with Crippen molar-refractivity contribution in [1.29, 1.82) is 0 Å². The summed E-state index contributed by atoms with van der Waals surface area (Å²) in [6, 6.07) is 9.12. The molecule has 3 heteroatoms. The van der Waals surface area contributed by atoms with Crippen molar-refractivity contribution in [3.8, 4) is 0 Å². The Morgan fingerprint density at radius 1 is 1.36 bits per heavy atom. The van der Waals surface area contributed by atoms with Crippen molar-refractivity contribution in [3.05, 3.63) is 42.1 Å². The number of nitrogens with zero attached hydrogens (tertiary/aromatic N) is 1. The molecule has 1 aromatic heterocycles. The fraction of sp³-hybridized carbons (Fsp3) is 0.0909. The van der Waals surface area contributed by atoms with E-state index in [2.05, 4.69) is 0 Å². The molecule has 0 aliphatic rings. The molecule has 0 radical (unpaired) electrons. The highest BCUT2D eigenvalue weighted by atomic mass is 16.5. The topological polar surface area (TPSA) is 41.2 Å². The van der Waals surface area contributed by atoms with E-state index in [1.54, 1.807) is 12.1 Å². The summed E-state index contributed by atoms with van der Waals surface area (Å²) in [5.74, 6) is -0.0569. The van der Waals surface area contributed by atoms with Gasteiger partial charge < -0.3 is 0 Å². The van der Waals surface area contributed by atoms with Crippen molar-refractivity contribution in [2.75, 3.05) is 0 Å². The van der Waals surface area contributed by atoms with Gasteiger partial charge in [-0.05, 0) is 19.1 Å². The smallest absolute Gasteiger partial charge is 0.264 e. The molecule has 1 aromatic carbocycles. The Labute approximate surface area is 81.2 Å². The van der Waals surface area contributed by atoms with E-state index < -0.39 is 0 Å². The van der Waals surface area contributed by atoms with Crippen molar-refractivity contribution in [3.63, 3.8) is 0 Å². The van der Waals surface area contributed by atoms with E-state index in [4.69, 9.17) is 0 Å². The zero-order valence-electron chi connectivity index (χ0n) is 7.77. The molecule has 14 heavy (non-hydrogen) atoms. The number of Topliss-reactive ketones (excluding diaryl/α,β-unsaturated/α-hetero) is 1. The third kappa shape index (κ3) is 1.33. The van der Waals surface area contributed by atoms with E-state index in [0.29, 0.717) is 11.1 Å². The lowest BCUT2D eigenvalue weighted by Crippen LogP contribution is -2.31. The first kappa shape index (κ1) is 8.69. The van der Waals surface area contributed by atoms with Gasteiger partial charge >= 0.3 is 0 Å². The molecule has 0 bridgehead atoms. The first-order valence-electron chi connectivity index (χ1n) is 4.33. The standard InChI is InChI=1S/C11H10NO2/c1-8(13)10-6-9-4-2-3-5-11(9)12(14)7-10/h2-7,14H,1H3/q+1. The number of carbonyl (C=O) groups excluding carboxylic acids is 1. The van der Waals surface area contributed by atoms with E-state index in [0.717, 1.165) is 10.1 Å². The number of aromatic nitrogens is 1. The molecule has 0 atom stereocenters. The van der Waals surface area contributed by atoms with Gasteiger partial charge in [0, 0.05) is 10.8 Å². The number of benzene rings is 1. The molecular weight excluding hydrogens is 178 g/mol. The maximum Gasteiger partial charge on any atom is 0.264 e. The number of ketones is 1. The van der Waals surface area contributed by atoms with Crippen molar-refractivity contribution in [2.24, 2.45) is 0 Å². The summed E-state index contributed by atoms with van der Waals surface area (Å²) in [4.78, 5) is 11.1. The Bertz CT molecular complexity index is 506. The maximum absolute atomic E-state index is 11.1. The van der Waals surface area contributed by atoms with Crippen LogP contribution < -0.4 is 4.73 Å². The molecule has 0 spiro atoms. The second-order valence-corrected chi connectivity index (χ2v) is 3.19. The summed E-state index contributed by atoms with van der Waals surface area (Å²) in [6.07, 6.45) is 1.42. The highest BCUT2D eigenvalue weighted by Crippen LogP contribution is 2.11. The number of fused-ring (bicyclic) bond motifs is 1. The summed E-state index contributed by atoms with van der Waals surface area (Å²) in [5.41, 5.74) is 1.20. The minimum absolute atomic E-state index is 0.0569. The zero-order valence-corrected chi connectivity index (χ0v) is 7.77. The Balaban J connectivity index is 2.78. The highest BCUT2D eigenvalue weighted by Gasteiger charge is 2.12. The number of para-hydroxylation sites is 1. The molecule has 0 saturated carbocycles. The van der Waals surface area contributed by atoms with Crippen LogP contribution in [0.15, 0.2) is 36.5 Å². The lowest BCUT2D eigenvalue weighted by Gasteiger charge is -1.96. The van der Waals surface area contributed by atoms with E-state index in [-0.39, 0.29) is 5.78 Å². The molecule has 0 aliphatic carbocycles. The average molecular weight is 188 g/mol. The minimum Gasteiger partial charge on any atom is -0.294 e. The predicted octanol–water partition coefficient (Wildman–Crippen LogP) is 1.57. The molecule has 70 valence electrons. The average Bonchev–Trinajstić information content (AvgIpc) is 2.17. The van der Waals surface area contributed by atoms with Crippen LogP contribution in [0.3, 0.4) is 0 Å². The van der Waals surface area contributed by atoms with Crippen LogP contribution >= 0.6 is 0 Å². The second-order valence-electron chi connectivity index (χ2n) is 3.19. The molecule has 1 heterocycles. The molecule has 0 unspecified atom stereocenters.